The lowest BCUT2D eigenvalue weighted by Crippen LogP contribution is -2.13. The van der Waals surface area contributed by atoms with Gasteiger partial charge in [0.15, 0.2) is 0 Å². The summed E-state index contributed by atoms with van der Waals surface area (Å²) in [6.07, 6.45) is 2.91. The average Bonchev–Trinajstić information content (AvgIpc) is 3.00. The van der Waals surface area contributed by atoms with Crippen molar-refractivity contribution in [3.8, 4) is 0 Å². The SMILES string of the molecule is O=C(/C=C/c1sc2ccccc2c1Cl)OCc1nc2cc(Cl)ccc2c(=O)[nH]1. The van der Waals surface area contributed by atoms with Crippen molar-refractivity contribution in [1.29, 1.82) is 0 Å². The first kappa shape index (κ1) is 18.7. The molecule has 2 heterocycles. The number of hydrogen-bond acceptors (Lipinski definition) is 5. The Kier molecular flexibility index (Phi) is 5.17. The summed E-state index contributed by atoms with van der Waals surface area (Å²) in [5.41, 5.74) is 0.121. The Bertz CT molecular complexity index is 1290. The molecule has 5 nitrogen and oxygen atoms in total. The fraction of sp³-hybridized carbons (Fsp3) is 0.0500. The number of nitrogens with one attached hydrogen (secondary N) is 1. The highest BCUT2D eigenvalue weighted by atomic mass is 35.5. The molecule has 0 saturated carbocycles. The zero-order chi connectivity index (χ0) is 19.7. The van der Waals surface area contributed by atoms with Crippen LogP contribution in [0, 0.1) is 0 Å². The number of fused-ring (bicyclic) bond motifs is 2. The lowest BCUT2D eigenvalue weighted by atomic mass is 10.2. The van der Waals surface area contributed by atoms with Crippen LogP contribution in [0.25, 0.3) is 27.1 Å². The van der Waals surface area contributed by atoms with Crippen LogP contribution in [-0.4, -0.2) is 15.9 Å². The van der Waals surface area contributed by atoms with Crippen molar-refractivity contribution in [2.75, 3.05) is 0 Å². The van der Waals surface area contributed by atoms with E-state index in [9.17, 15) is 9.59 Å². The van der Waals surface area contributed by atoms with Gasteiger partial charge in [-0.05, 0) is 30.3 Å². The van der Waals surface area contributed by atoms with E-state index in [1.54, 1.807) is 24.3 Å². The van der Waals surface area contributed by atoms with Crippen LogP contribution in [0.5, 0.6) is 0 Å². The maximum absolute atomic E-state index is 12.1. The van der Waals surface area contributed by atoms with E-state index >= 15 is 0 Å². The number of carbonyl (C=O) groups is 1. The van der Waals surface area contributed by atoms with Gasteiger partial charge >= 0.3 is 5.97 Å². The number of esters is 1. The van der Waals surface area contributed by atoms with Gasteiger partial charge in [0.25, 0.3) is 5.56 Å². The lowest BCUT2D eigenvalue weighted by molar-refractivity contribution is -0.139. The Morgan fingerprint density at radius 1 is 1.18 bits per heavy atom. The monoisotopic (exact) mass is 430 g/mol. The van der Waals surface area contributed by atoms with Crippen LogP contribution >= 0.6 is 34.5 Å². The number of halogens is 2. The second kappa shape index (κ2) is 7.75. The number of carbonyl (C=O) groups excluding carboxylic acids is 1. The predicted molar refractivity (Wildman–Crippen MR) is 113 cm³/mol. The number of rotatable bonds is 4. The Morgan fingerprint density at radius 3 is 2.82 bits per heavy atom. The summed E-state index contributed by atoms with van der Waals surface area (Å²) in [7, 11) is 0. The molecule has 0 amide bonds. The molecule has 2 aromatic carbocycles. The highest BCUT2D eigenvalue weighted by Gasteiger charge is 2.09. The maximum atomic E-state index is 12.1. The molecule has 0 spiro atoms. The molecule has 0 aliphatic carbocycles. The molecule has 1 N–H and O–H groups in total. The quantitative estimate of drug-likeness (QED) is 0.356. The number of nitrogens with zero attached hydrogens (tertiary/aromatic N) is 1. The van der Waals surface area contributed by atoms with Crippen LogP contribution < -0.4 is 5.56 Å². The third-order valence-electron chi connectivity index (χ3n) is 4.00. The second-order valence-corrected chi connectivity index (χ2v) is 7.79. The third-order valence-corrected chi connectivity index (χ3v) is 5.89. The molecule has 0 bridgehead atoms. The molecule has 0 aliphatic rings. The number of aromatic nitrogens is 2. The van der Waals surface area contributed by atoms with Crippen LogP contribution in [0.3, 0.4) is 0 Å². The number of H-pyrrole nitrogens is 1. The Labute approximate surface area is 173 Å². The Morgan fingerprint density at radius 2 is 2.00 bits per heavy atom. The lowest BCUT2D eigenvalue weighted by Gasteiger charge is -2.04. The molecule has 0 aliphatic heterocycles. The van der Waals surface area contributed by atoms with Crippen molar-refractivity contribution < 1.29 is 9.53 Å². The summed E-state index contributed by atoms with van der Waals surface area (Å²) < 4.78 is 6.21. The predicted octanol–water partition coefficient (Wildman–Crippen LogP) is 5.20. The molecule has 0 radical (unpaired) electrons. The fourth-order valence-electron chi connectivity index (χ4n) is 2.70. The van der Waals surface area contributed by atoms with Crippen molar-refractivity contribution in [2.24, 2.45) is 0 Å². The van der Waals surface area contributed by atoms with Gasteiger partial charge < -0.3 is 9.72 Å². The number of benzene rings is 2. The van der Waals surface area contributed by atoms with Gasteiger partial charge in [0, 0.05) is 26.1 Å². The van der Waals surface area contributed by atoms with Crippen molar-refractivity contribution in [1.82, 2.24) is 9.97 Å². The van der Waals surface area contributed by atoms with E-state index in [0.717, 1.165) is 15.0 Å². The van der Waals surface area contributed by atoms with Gasteiger partial charge in [0.2, 0.25) is 0 Å². The molecule has 0 saturated heterocycles. The minimum Gasteiger partial charge on any atom is -0.454 e. The van der Waals surface area contributed by atoms with Crippen molar-refractivity contribution in [2.45, 2.75) is 6.61 Å². The first-order valence-corrected chi connectivity index (χ1v) is 9.79. The standard InChI is InChI=1S/C20H12Cl2N2O3S/c21-11-5-6-12-14(9-11)23-17(24-20(12)26)10-27-18(25)8-7-16-19(22)13-3-1-2-4-15(13)28-16/h1-9H,10H2,(H,23,24,26)/b8-7+. The summed E-state index contributed by atoms with van der Waals surface area (Å²) >= 11 is 13.8. The normalized spacial score (nSPS) is 11.5. The largest absolute Gasteiger partial charge is 0.454 e. The zero-order valence-corrected chi connectivity index (χ0v) is 16.6. The maximum Gasteiger partial charge on any atom is 0.331 e. The molecular weight excluding hydrogens is 419 g/mol. The molecule has 28 heavy (non-hydrogen) atoms. The zero-order valence-electron chi connectivity index (χ0n) is 14.2. The molecule has 0 unspecified atom stereocenters. The van der Waals surface area contributed by atoms with Gasteiger partial charge in [-0.2, -0.15) is 0 Å². The van der Waals surface area contributed by atoms with Crippen LogP contribution in [0.2, 0.25) is 10.0 Å². The number of ether oxygens (including phenoxy) is 1. The minimum absolute atomic E-state index is 0.166. The van der Waals surface area contributed by atoms with Crippen LogP contribution in [-0.2, 0) is 16.1 Å². The van der Waals surface area contributed by atoms with E-state index in [1.165, 1.54) is 17.4 Å². The van der Waals surface area contributed by atoms with E-state index in [-0.39, 0.29) is 18.0 Å². The van der Waals surface area contributed by atoms with Crippen molar-refractivity contribution in [3.05, 3.63) is 79.6 Å². The van der Waals surface area contributed by atoms with Gasteiger partial charge in [0.05, 0.1) is 15.9 Å². The molecular formula is C20H12Cl2N2O3S. The first-order valence-electron chi connectivity index (χ1n) is 8.21. The minimum atomic E-state index is -0.567. The number of hydrogen-bond donors (Lipinski definition) is 1. The smallest absolute Gasteiger partial charge is 0.331 e. The third kappa shape index (κ3) is 3.80. The first-order chi connectivity index (χ1) is 13.5. The van der Waals surface area contributed by atoms with Crippen LogP contribution in [0.1, 0.15) is 10.7 Å². The fourth-order valence-corrected chi connectivity index (χ4v) is 4.27. The summed E-state index contributed by atoms with van der Waals surface area (Å²) in [4.78, 5) is 31.7. The Hall–Kier alpha value is -2.67. The van der Waals surface area contributed by atoms with Gasteiger partial charge in [-0.15, -0.1) is 11.3 Å². The molecule has 4 rings (SSSR count). The molecule has 8 heteroatoms. The molecule has 0 atom stereocenters. The van der Waals surface area contributed by atoms with E-state index < -0.39 is 5.97 Å². The van der Waals surface area contributed by atoms with Crippen LogP contribution in [0.4, 0.5) is 0 Å². The number of thiophene rings is 1. The Balaban J connectivity index is 1.48. The van der Waals surface area contributed by atoms with Gasteiger partial charge in [-0.25, -0.2) is 9.78 Å². The molecule has 140 valence electrons. The molecule has 4 aromatic rings. The van der Waals surface area contributed by atoms with Gasteiger partial charge in [-0.3, -0.25) is 4.79 Å². The summed E-state index contributed by atoms with van der Waals surface area (Å²) in [5, 5.41) is 2.43. The van der Waals surface area contributed by atoms with Gasteiger partial charge in [0.1, 0.15) is 12.4 Å². The van der Waals surface area contributed by atoms with E-state index in [1.807, 2.05) is 24.3 Å². The van der Waals surface area contributed by atoms with Crippen molar-refractivity contribution in [3.63, 3.8) is 0 Å². The van der Waals surface area contributed by atoms with E-state index in [4.69, 9.17) is 27.9 Å². The van der Waals surface area contributed by atoms with E-state index in [2.05, 4.69) is 9.97 Å². The topological polar surface area (TPSA) is 72.0 Å². The highest BCUT2D eigenvalue weighted by molar-refractivity contribution is 7.20. The van der Waals surface area contributed by atoms with E-state index in [0.29, 0.717) is 20.9 Å². The molecule has 2 aromatic heterocycles. The summed E-state index contributed by atoms with van der Waals surface area (Å²) in [5.74, 6) is -0.330. The highest BCUT2D eigenvalue weighted by Crippen LogP contribution is 2.35. The summed E-state index contributed by atoms with van der Waals surface area (Å²) in [6, 6.07) is 12.5. The van der Waals surface area contributed by atoms with Crippen LogP contribution in [0.15, 0.2) is 53.3 Å². The molecule has 0 fully saturated rings. The second-order valence-electron chi connectivity index (χ2n) is 5.89. The van der Waals surface area contributed by atoms with Gasteiger partial charge in [-0.1, -0.05) is 41.4 Å². The van der Waals surface area contributed by atoms with Crippen molar-refractivity contribution >= 4 is 67.6 Å². The average molecular weight is 431 g/mol. The number of aromatic amines is 1. The summed E-state index contributed by atoms with van der Waals surface area (Å²) in [6.45, 7) is -0.166.